The molecule has 0 saturated carbocycles. The van der Waals surface area contributed by atoms with E-state index in [1.54, 1.807) is 10.7 Å². The van der Waals surface area contributed by atoms with Crippen molar-refractivity contribution in [1.29, 1.82) is 0 Å². The van der Waals surface area contributed by atoms with Gasteiger partial charge in [0, 0.05) is 52.4 Å². The Hall–Kier alpha value is -2.50. The van der Waals surface area contributed by atoms with E-state index in [1.165, 1.54) is 16.4 Å². The molecule has 1 aliphatic heterocycles. The van der Waals surface area contributed by atoms with Crippen molar-refractivity contribution in [1.82, 2.24) is 34.2 Å². The first kappa shape index (κ1) is 17.9. The zero-order valence-electron chi connectivity index (χ0n) is 14.9. The Morgan fingerprint density at radius 3 is 2.56 bits per heavy atom. The van der Waals surface area contributed by atoms with Gasteiger partial charge in [-0.15, -0.1) is 5.10 Å². The molecule has 1 aromatic carbocycles. The monoisotopic (exact) mass is 391 g/mol. The number of aromatic amines is 2. The lowest BCUT2D eigenvalue weighted by Gasteiger charge is -2.33. The van der Waals surface area contributed by atoms with E-state index in [0.29, 0.717) is 37.2 Å². The normalized spacial score (nSPS) is 16.9. The van der Waals surface area contributed by atoms with Crippen LogP contribution >= 0.6 is 0 Å². The molecule has 4 rings (SSSR count). The molecule has 1 saturated heterocycles. The maximum atomic E-state index is 12.9. The molecule has 3 heterocycles. The van der Waals surface area contributed by atoms with Crippen molar-refractivity contribution in [2.45, 2.75) is 11.3 Å². The maximum Gasteiger partial charge on any atom is 0.323 e. The standard InChI is InChI=1S/C16H21N7O3S/c1-21-11-12(19-20-21)4-5-22-6-8-23(9-7-22)27(25,26)13-2-3-14-15(10-13)18-16(24)17-14/h2-3,10-11H,4-9H2,1H3,(H2,17,18,24). The van der Waals surface area contributed by atoms with E-state index in [1.807, 2.05) is 13.2 Å². The minimum Gasteiger partial charge on any atom is -0.306 e. The number of fused-ring (bicyclic) bond motifs is 1. The Bertz CT molecular complexity index is 1110. The van der Waals surface area contributed by atoms with Gasteiger partial charge < -0.3 is 14.9 Å². The summed E-state index contributed by atoms with van der Waals surface area (Å²) in [5.74, 6) is 0. The van der Waals surface area contributed by atoms with Gasteiger partial charge >= 0.3 is 5.69 Å². The third kappa shape index (κ3) is 3.66. The fourth-order valence-corrected chi connectivity index (χ4v) is 4.75. The largest absolute Gasteiger partial charge is 0.323 e. The third-order valence-corrected chi connectivity index (χ3v) is 6.69. The molecule has 10 nitrogen and oxygen atoms in total. The Morgan fingerprint density at radius 1 is 1.11 bits per heavy atom. The van der Waals surface area contributed by atoms with Crippen molar-refractivity contribution in [3.05, 3.63) is 40.6 Å². The van der Waals surface area contributed by atoms with Gasteiger partial charge in [0.25, 0.3) is 0 Å². The highest BCUT2D eigenvalue weighted by Gasteiger charge is 2.28. The molecule has 0 radical (unpaired) electrons. The number of piperazine rings is 1. The molecule has 2 aromatic heterocycles. The van der Waals surface area contributed by atoms with E-state index in [0.717, 1.165) is 18.7 Å². The number of aromatic nitrogens is 5. The van der Waals surface area contributed by atoms with Crippen LogP contribution in [-0.4, -0.2) is 75.3 Å². The van der Waals surface area contributed by atoms with Gasteiger partial charge in [0.1, 0.15) is 0 Å². The first-order valence-electron chi connectivity index (χ1n) is 8.71. The highest BCUT2D eigenvalue weighted by molar-refractivity contribution is 7.89. The molecule has 1 fully saturated rings. The number of hydrogen-bond donors (Lipinski definition) is 2. The van der Waals surface area contributed by atoms with Crippen molar-refractivity contribution >= 4 is 21.1 Å². The van der Waals surface area contributed by atoms with Crippen LogP contribution in [0.1, 0.15) is 5.69 Å². The predicted octanol–water partition coefficient (Wildman–Crippen LogP) is -0.466. The number of H-pyrrole nitrogens is 2. The van der Waals surface area contributed by atoms with Crippen molar-refractivity contribution in [3.8, 4) is 0 Å². The van der Waals surface area contributed by atoms with Crippen LogP contribution in [0.2, 0.25) is 0 Å². The molecule has 11 heteroatoms. The van der Waals surface area contributed by atoms with Crippen LogP contribution in [0.3, 0.4) is 0 Å². The van der Waals surface area contributed by atoms with Gasteiger partial charge in [-0.2, -0.15) is 4.31 Å². The van der Waals surface area contributed by atoms with Crippen LogP contribution in [-0.2, 0) is 23.5 Å². The van der Waals surface area contributed by atoms with Gasteiger partial charge in [-0.3, -0.25) is 4.68 Å². The summed E-state index contributed by atoms with van der Waals surface area (Å²) in [5, 5.41) is 7.99. The molecule has 144 valence electrons. The summed E-state index contributed by atoms with van der Waals surface area (Å²) in [5.41, 5.74) is 1.66. The summed E-state index contributed by atoms with van der Waals surface area (Å²) in [4.78, 5) is 19.0. The molecular weight excluding hydrogens is 370 g/mol. The zero-order chi connectivity index (χ0) is 19.0. The number of hydrogen-bond acceptors (Lipinski definition) is 6. The molecule has 0 unspecified atom stereocenters. The number of rotatable bonds is 5. The molecule has 0 atom stereocenters. The lowest BCUT2D eigenvalue weighted by atomic mass is 10.3. The van der Waals surface area contributed by atoms with E-state index in [9.17, 15) is 13.2 Å². The minimum atomic E-state index is -3.59. The van der Waals surface area contributed by atoms with E-state index in [-0.39, 0.29) is 10.6 Å². The second kappa shape index (κ2) is 6.91. The van der Waals surface area contributed by atoms with Crippen LogP contribution in [0.15, 0.2) is 34.1 Å². The molecule has 0 aliphatic carbocycles. The van der Waals surface area contributed by atoms with E-state index in [2.05, 4.69) is 25.2 Å². The second-order valence-electron chi connectivity index (χ2n) is 6.67. The molecule has 0 spiro atoms. The highest BCUT2D eigenvalue weighted by Crippen LogP contribution is 2.20. The van der Waals surface area contributed by atoms with Gasteiger partial charge in [0.15, 0.2) is 0 Å². The Balaban J connectivity index is 1.40. The Morgan fingerprint density at radius 2 is 1.85 bits per heavy atom. The minimum absolute atomic E-state index is 0.193. The first-order valence-corrected chi connectivity index (χ1v) is 10.2. The van der Waals surface area contributed by atoms with E-state index in [4.69, 9.17) is 0 Å². The molecule has 0 bridgehead atoms. The fraction of sp³-hybridized carbons (Fsp3) is 0.438. The van der Waals surface area contributed by atoms with Gasteiger partial charge in [0.2, 0.25) is 10.0 Å². The SMILES string of the molecule is Cn1cc(CCN2CCN(S(=O)(=O)c3ccc4[nH]c(=O)[nH]c4c3)CC2)nn1. The second-order valence-corrected chi connectivity index (χ2v) is 8.60. The number of nitrogens with zero attached hydrogens (tertiary/aromatic N) is 5. The predicted molar refractivity (Wildman–Crippen MR) is 98.8 cm³/mol. The number of benzene rings is 1. The Labute approximate surface area is 155 Å². The smallest absolute Gasteiger partial charge is 0.306 e. The topological polar surface area (TPSA) is 120 Å². The summed E-state index contributed by atoms with van der Waals surface area (Å²) < 4.78 is 29.0. The summed E-state index contributed by atoms with van der Waals surface area (Å²) in [7, 11) is -1.75. The Kier molecular flexibility index (Phi) is 4.58. The van der Waals surface area contributed by atoms with Crippen molar-refractivity contribution in [2.75, 3.05) is 32.7 Å². The van der Waals surface area contributed by atoms with Crippen LogP contribution < -0.4 is 5.69 Å². The molecule has 1 aliphatic rings. The number of aryl methyl sites for hydroxylation is 1. The van der Waals surface area contributed by atoms with Crippen LogP contribution in [0.25, 0.3) is 11.0 Å². The van der Waals surface area contributed by atoms with E-state index < -0.39 is 10.0 Å². The van der Waals surface area contributed by atoms with Crippen molar-refractivity contribution in [3.63, 3.8) is 0 Å². The number of imidazole rings is 1. The average molecular weight is 391 g/mol. The van der Waals surface area contributed by atoms with Crippen molar-refractivity contribution < 1.29 is 8.42 Å². The fourth-order valence-electron chi connectivity index (χ4n) is 3.30. The van der Waals surface area contributed by atoms with Gasteiger partial charge in [0.05, 0.1) is 21.6 Å². The zero-order valence-corrected chi connectivity index (χ0v) is 15.7. The van der Waals surface area contributed by atoms with Crippen LogP contribution in [0.5, 0.6) is 0 Å². The van der Waals surface area contributed by atoms with Gasteiger partial charge in [-0.05, 0) is 18.2 Å². The lowest BCUT2D eigenvalue weighted by molar-refractivity contribution is 0.190. The quantitative estimate of drug-likeness (QED) is 0.607. The summed E-state index contributed by atoms with van der Waals surface area (Å²) in [6.07, 6.45) is 2.68. The number of nitrogens with one attached hydrogen (secondary N) is 2. The van der Waals surface area contributed by atoms with Crippen LogP contribution in [0, 0.1) is 0 Å². The average Bonchev–Trinajstić information content (AvgIpc) is 3.23. The summed E-state index contributed by atoms with van der Waals surface area (Å²) >= 11 is 0. The molecular formula is C16H21N7O3S. The van der Waals surface area contributed by atoms with Crippen LogP contribution in [0.4, 0.5) is 0 Å². The molecule has 2 N–H and O–H groups in total. The molecule has 3 aromatic rings. The molecule has 27 heavy (non-hydrogen) atoms. The van der Waals surface area contributed by atoms with Gasteiger partial charge in [-0.25, -0.2) is 13.2 Å². The summed E-state index contributed by atoms with van der Waals surface area (Å²) in [6.45, 7) is 3.03. The maximum absolute atomic E-state index is 12.9. The van der Waals surface area contributed by atoms with E-state index >= 15 is 0 Å². The molecule has 0 amide bonds. The third-order valence-electron chi connectivity index (χ3n) is 4.79. The first-order chi connectivity index (χ1) is 12.9. The highest BCUT2D eigenvalue weighted by atomic mass is 32.2. The summed E-state index contributed by atoms with van der Waals surface area (Å²) in [6, 6.07) is 4.64. The lowest BCUT2D eigenvalue weighted by Crippen LogP contribution is -2.49. The van der Waals surface area contributed by atoms with Crippen molar-refractivity contribution in [2.24, 2.45) is 7.05 Å². The van der Waals surface area contributed by atoms with Gasteiger partial charge in [-0.1, -0.05) is 5.21 Å². The number of sulfonamides is 1.